The van der Waals surface area contributed by atoms with Gasteiger partial charge in [0, 0.05) is 16.5 Å². The van der Waals surface area contributed by atoms with Crippen molar-refractivity contribution in [1.29, 1.82) is 0 Å². The molecular formula is C16H16BrFO. The van der Waals surface area contributed by atoms with Gasteiger partial charge in [-0.25, -0.2) is 4.39 Å². The molecule has 0 aliphatic carbocycles. The van der Waals surface area contributed by atoms with Gasteiger partial charge in [-0.1, -0.05) is 40.2 Å². The van der Waals surface area contributed by atoms with Crippen molar-refractivity contribution in [2.24, 2.45) is 0 Å². The van der Waals surface area contributed by atoms with Crippen LogP contribution < -0.4 is 0 Å². The van der Waals surface area contributed by atoms with Gasteiger partial charge in [-0.3, -0.25) is 0 Å². The van der Waals surface area contributed by atoms with E-state index >= 15 is 0 Å². The van der Waals surface area contributed by atoms with Gasteiger partial charge < -0.3 is 5.11 Å². The first kappa shape index (κ1) is 14.2. The Kier molecular flexibility index (Phi) is 4.38. The average molecular weight is 323 g/mol. The molecule has 2 aromatic carbocycles. The zero-order chi connectivity index (χ0) is 14.0. The van der Waals surface area contributed by atoms with Gasteiger partial charge in [-0.05, 0) is 42.7 Å². The lowest BCUT2D eigenvalue weighted by Gasteiger charge is -2.13. The summed E-state index contributed by atoms with van der Waals surface area (Å²) in [5, 5.41) is 10.2. The molecule has 0 bridgehead atoms. The zero-order valence-corrected chi connectivity index (χ0v) is 12.5. The molecule has 1 unspecified atom stereocenters. The summed E-state index contributed by atoms with van der Waals surface area (Å²) in [4.78, 5) is 0. The molecule has 19 heavy (non-hydrogen) atoms. The number of hydrogen-bond acceptors (Lipinski definition) is 1. The summed E-state index contributed by atoms with van der Waals surface area (Å²) in [5.41, 5.74) is 3.74. The summed E-state index contributed by atoms with van der Waals surface area (Å²) < 4.78 is 14.4. The van der Waals surface area contributed by atoms with Gasteiger partial charge in [0.25, 0.3) is 0 Å². The lowest BCUT2D eigenvalue weighted by molar-refractivity contribution is 0.173. The lowest BCUT2D eigenvalue weighted by Crippen LogP contribution is -2.04. The second kappa shape index (κ2) is 5.85. The van der Waals surface area contributed by atoms with Crippen LogP contribution in [0.25, 0.3) is 0 Å². The predicted octanol–water partition coefficient (Wildman–Crippen LogP) is 4.48. The van der Waals surface area contributed by atoms with E-state index < -0.39 is 6.10 Å². The third-order valence-electron chi connectivity index (χ3n) is 3.32. The Labute approximate surface area is 121 Å². The summed E-state index contributed by atoms with van der Waals surface area (Å²) in [5.74, 6) is -0.384. The van der Waals surface area contributed by atoms with Gasteiger partial charge in [0.2, 0.25) is 0 Å². The summed E-state index contributed by atoms with van der Waals surface area (Å²) in [7, 11) is 0. The van der Waals surface area contributed by atoms with E-state index in [1.807, 2.05) is 32.0 Å². The van der Waals surface area contributed by atoms with E-state index in [1.165, 1.54) is 17.2 Å². The van der Waals surface area contributed by atoms with Crippen molar-refractivity contribution in [3.05, 3.63) is 68.9 Å². The van der Waals surface area contributed by atoms with Crippen molar-refractivity contribution >= 4 is 15.9 Å². The summed E-state index contributed by atoms with van der Waals surface area (Å²) in [6.45, 7) is 4.08. The molecule has 0 aliphatic rings. The molecule has 0 radical (unpaired) electrons. The van der Waals surface area contributed by atoms with E-state index in [2.05, 4.69) is 15.9 Å². The molecule has 1 nitrogen and oxygen atoms in total. The molecule has 0 aliphatic heterocycles. The van der Waals surface area contributed by atoms with Crippen LogP contribution in [0.1, 0.15) is 28.4 Å². The fourth-order valence-corrected chi connectivity index (χ4v) is 2.37. The van der Waals surface area contributed by atoms with Crippen LogP contribution in [0.15, 0.2) is 40.9 Å². The molecule has 3 heteroatoms. The first-order valence-corrected chi connectivity index (χ1v) is 6.96. The zero-order valence-electron chi connectivity index (χ0n) is 11.0. The van der Waals surface area contributed by atoms with Crippen molar-refractivity contribution in [3.63, 3.8) is 0 Å². The third-order valence-corrected chi connectivity index (χ3v) is 3.82. The molecule has 0 fully saturated rings. The van der Waals surface area contributed by atoms with Crippen LogP contribution in [0.3, 0.4) is 0 Å². The summed E-state index contributed by atoms with van der Waals surface area (Å²) in [6.07, 6.45) is -0.408. The number of halogens is 2. The molecule has 100 valence electrons. The quantitative estimate of drug-likeness (QED) is 0.883. The molecule has 1 atom stereocenters. The number of hydrogen-bond donors (Lipinski definition) is 1. The minimum absolute atomic E-state index is 0.335. The Morgan fingerprint density at radius 3 is 2.47 bits per heavy atom. The Morgan fingerprint density at radius 1 is 1.11 bits per heavy atom. The Balaban J connectivity index is 2.20. The fraction of sp³-hybridized carbons (Fsp3) is 0.250. The second-order valence-corrected chi connectivity index (χ2v) is 5.72. The van der Waals surface area contributed by atoms with E-state index in [1.54, 1.807) is 12.1 Å². The summed E-state index contributed by atoms with van der Waals surface area (Å²) in [6, 6.07) is 10.8. The highest BCUT2D eigenvalue weighted by Crippen LogP contribution is 2.24. The third kappa shape index (κ3) is 3.43. The Hall–Kier alpha value is -1.19. The largest absolute Gasteiger partial charge is 0.388 e. The molecule has 0 aromatic heterocycles. The Bertz CT molecular complexity index is 595. The monoisotopic (exact) mass is 322 g/mol. The fourth-order valence-electron chi connectivity index (χ4n) is 2.04. The standard InChI is InChI=1S/C16H16BrFO/c1-10-3-4-12(7-11(10)2)8-16(19)14-6-5-13(17)9-15(14)18/h3-7,9,16,19H,8H2,1-2H3. The van der Waals surface area contributed by atoms with Crippen LogP contribution in [-0.4, -0.2) is 5.11 Å². The van der Waals surface area contributed by atoms with Crippen molar-refractivity contribution < 1.29 is 9.50 Å². The van der Waals surface area contributed by atoms with Gasteiger partial charge in [0.15, 0.2) is 0 Å². The predicted molar refractivity (Wildman–Crippen MR) is 78.7 cm³/mol. The van der Waals surface area contributed by atoms with E-state index in [0.717, 1.165) is 5.56 Å². The maximum atomic E-state index is 13.8. The van der Waals surface area contributed by atoms with Crippen molar-refractivity contribution in [2.75, 3.05) is 0 Å². The van der Waals surface area contributed by atoms with E-state index in [4.69, 9.17) is 0 Å². The second-order valence-electron chi connectivity index (χ2n) is 4.80. The molecule has 0 saturated carbocycles. The van der Waals surface area contributed by atoms with Crippen LogP contribution in [0.4, 0.5) is 4.39 Å². The molecule has 0 saturated heterocycles. The van der Waals surface area contributed by atoms with Crippen LogP contribution in [0, 0.1) is 19.7 Å². The van der Waals surface area contributed by atoms with Crippen LogP contribution in [0.5, 0.6) is 0 Å². The minimum Gasteiger partial charge on any atom is -0.388 e. The van der Waals surface area contributed by atoms with E-state index in [-0.39, 0.29) is 5.82 Å². The van der Waals surface area contributed by atoms with Gasteiger partial charge >= 0.3 is 0 Å². The Morgan fingerprint density at radius 2 is 1.84 bits per heavy atom. The first-order valence-electron chi connectivity index (χ1n) is 6.16. The van der Waals surface area contributed by atoms with Crippen molar-refractivity contribution in [1.82, 2.24) is 0 Å². The molecular weight excluding hydrogens is 307 g/mol. The smallest absolute Gasteiger partial charge is 0.130 e. The number of aliphatic hydroxyl groups is 1. The molecule has 0 heterocycles. The first-order chi connectivity index (χ1) is 8.97. The summed E-state index contributed by atoms with van der Waals surface area (Å²) >= 11 is 3.21. The maximum Gasteiger partial charge on any atom is 0.130 e. The van der Waals surface area contributed by atoms with Gasteiger partial charge in [0.1, 0.15) is 5.82 Å². The number of aryl methyl sites for hydroxylation is 2. The SMILES string of the molecule is Cc1ccc(CC(O)c2ccc(Br)cc2F)cc1C. The number of rotatable bonds is 3. The van der Waals surface area contributed by atoms with Gasteiger partial charge in [-0.15, -0.1) is 0 Å². The van der Waals surface area contributed by atoms with Crippen molar-refractivity contribution in [3.8, 4) is 0 Å². The van der Waals surface area contributed by atoms with Gasteiger partial charge in [0.05, 0.1) is 6.10 Å². The maximum absolute atomic E-state index is 13.8. The number of benzene rings is 2. The van der Waals surface area contributed by atoms with Crippen LogP contribution >= 0.6 is 15.9 Å². The highest BCUT2D eigenvalue weighted by molar-refractivity contribution is 9.10. The minimum atomic E-state index is -0.824. The normalized spacial score (nSPS) is 12.5. The van der Waals surface area contributed by atoms with Crippen molar-refractivity contribution in [2.45, 2.75) is 26.4 Å². The number of aliphatic hydroxyl groups excluding tert-OH is 1. The van der Waals surface area contributed by atoms with E-state index in [0.29, 0.717) is 16.5 Å². The van der Waals surface area contributed by atoms with Gasteiger partial charge in [-0.2, -0.15) is 0 Å². The molecule has 1 N–H and O–H groups in total. The van der Waals surface area contributed by atoms with Crippen LogP contribution in [0.2, 0.25) is 0 Å². The molecule has 0 spiro atoms. The van der Waals surface area contributed by atoms with E-state index in [9.17, 15) is 9.50 Å². The topological polar surface area (TPSA) is 20.2 Å². The molecule has 2 rings (SSSR count). The highest BCUT2D eigenvalue weighted by Gasteiger charge is 2.14. The molecule has 0 amide bonds. The highest BCUT2D eigenvalue weighted by atomic mass is 79.9. The lowest BCUT2D eigenvalue weighted by atomic mass is 9.98. The van der Waals surface area contributed by atoms with Crippen LogP contribution in [-0.2, 0) is 6.42 Å². The average Bonchev–Trinajstić information content (AvgIpc) is 2.33. The molecule has 2 aromatic rings.